The second kappa shape index (κ2) is 6.46. The van der Waals surface area contributed by atoms with Gasteiger partial charge in [-0.2, -0.15) is 0 Å². The molecular formula is C19H22N4O4S. The molecule has 1 aliphatic heterocycles. The fraction of sp³-hybridized carbons (Fsp3) is 0.368. The van der Waals surface area contributed by atoms with Crippen LogP contribution < -0.4 is 11.2 Å². The van der Waals surface area contributed by atoms with Crippen molar-refractivity contribution in [1.29, 1.82) is 0 Å². The summed E-state index contributed by atoms with van der Waals surface area (Å²) in [5, 5.41) is 0.880. The van der Waals surface area contributed by atoms with E-state index < -0.39 is 26.2 Å². The van der Waals surface area contributed by atoms with Crippen LogP contribution in [0.2, 0.25) is 0 Å². The van der Waals surface area contributed by atoms with Gasteiger partial charge in [0.15, 0.2) is 4.90 Å². The first kappa shape index (κ1) is 18.7. The van der Waals surface area contributed by atoms with Gasteiger partial charge in [0.1, 0.15) is 0 Å². The number of benzene rings is 1. The van der Waals surface area contributed by atoms with Gasteiger partial charge in [-0.1, -0.05) is 11.6 Å². The van der Waals surface area contributed by atoms with Gasteiger partial charge in [-0.25, -0.2) is 17.2 Å². The largest absolute Gasteiger partial charge is 0.325 e. The monoisotopic (exact) mass is 402 g/mol. The van der Waals surface area contributed by atoms with E-state index in [1.807, 2.05) is 31.1 Å². The van der Waals surface area contributed by atoms with E-state index in [-0.39, 0.29) is 5.69 Å². The highest BCUT2D eigenvalue weighted by molar-refractivity contribution is 7.90. The lowest BCUT2D eigenvalue weighted by Crippen LogP contribution is -2.32. The van der Waals surface area contributed by atoms with Crippen LogP contribution >= 0.6 is 0 Å². The second-order valence-corrected chi connectivity index (χ2v) is 9.14. The number of nitrogens with one attached hydrogen (secondary N) is 2. The number of aromatic nitrogens is 3. The highest BCUT2D eigenvalue weighted by Gasteiger charge is 2.31. The van der Waals surface area contributed by atoms with Crippen molar-refractivity contribution in [3.63, 3.8) is 0 Å². The van der Waals surface area contributed by atoms with Crippen molar-refractivity contribution in [3.8, 4) is 0 Å². The van der Waals surface area contributed by atoms with Crippen LogP contribution in [0.5, 0.6) is 0 Å². The molecule has 0 fully saturated rings. The van der Waals surface area contributed by atoms with Crippen LogP contribution in [0.1, 0.15) is 28.9 Å². The average molecular weight is 402 g/mol. The lowest BCUT2D eigenvalue weighted by molar-refractivity contribution is 0.333. The number of hydrogen-bond acceptors (Lipinski definition) is 5. The molecule has 2 aromatic heterocycles. The summed E-state index contributed by atoms with van der Waals surface area (Å²) in [7, 11) is -2.19. The molecule has 0 saturated carbocycles. The van der Waals surface area contributed by atoms with Crippen molar-refractivity contribution < 1.29 is 8.42 Å². The Labute approximate surface area is 161 Å². The highest BCUT2D eigenvalue weighted by atomic mass is 32.2. The minimum absolute atomic E-state index is 0.0298. The molecule has 0 radical (unpaired) electrons. The minimum Gasteiger partial charge on any atom is -0.310 e. The molecule has 4 rings (SSSR count). The number of hydrogen-bond donors (Lipinski definition) is 2. The van der Waals surface area contributed by atoms with Crippen LogP contribution in [0.15, 0.2) is 32.7 Å². The summed E-state index contributed by atoms with van der Waals surface area (Å²) in [5.74, 6) is 0. The van der Waals surface area contributed by atoms with Crippen molar-refractivity contribution in [2.45, 2.75) is 38.1 Å². The van der Waals surface area contributed by atoms with Crippen molar-refractivity contribution in [1.82, 2.24) is 18.8 Å². The van der Waals surface area contributed by atoms with Crippen molar-refractivity contribution in [2.75, 3.05) is 13.6 Å². The number of aryl methyl sites for hydroxylation is 2. The molecule has 1 aromatic carbocycles. The van der Waals surface area contributed by atoms with Gasteiger partial charge in [0.2, 0.25) is 0 Å². The number of rotatable bonds is 2. The Balaban J connectivity index is 2.11. The molecular weight excluding hydrogens is 380 g/mol. The molecule has 0 bridgehead atoms. The number of nitrogens with zero attached hydrogens (tertiary/aromatic N) is 2. The maximum atomic E-state index is 13.6. The standard InChI is InChI=1S/C19H22N4O4S/c1-11-6-7-16-13(9-11)14-10-22(3)8-4-5-15(14)23(16)28(26,27)17-12(2)20-19(25)21-18(17)24/h6-7,9H,4-5,8,10H2,1-3H3,(H2,20,21,24,25). The van der Waals surface area contributed by atoms with Gasteiger partial charge in [0, 0.05) is 23.3 Å². The SMILES string of the molecule is Cc1ccc2c(c1)c1c(n2S(=O)(=O)c2c(C)[nH]c(=O)[nH]c2=O)CCCN(C)C1. The Kier molecular flexibility index (Phi) is 4.31. The molecule has 0 amide bonds. The van der Waals surface area contributed by atoms with Gasteiger partial charge >= 0.3 is 5.69 Å². The summed E-state index contributed by atoms with van der Waals surface area (Å²) in [5.41, 5.74) is 1.66. The maximum absolute atomic E-state index is 13.6. The summed E-state index contributed by atoms with van der Waals surface area (Å²) >= 11 is 0. The molecule has 0 aliphatic carbocycles. The first-order valence-electron chi connectivity index (χ1n) is 9.10. The Hall–Kier alpha value is -2.65. The number of fused-ring (bicyclic) bond motifs is 3. The molecule has 0 unspecified atom stereocenters. The zero-order chi connectivity index (χ0) is 20.2. The summed E-state index contributed by atoms with van der Waals surface area (Å²) < 4.78 is 28.5. The van der Waals surface area contributed by atoms with Crippen molar-refractivity contribution >= 4 is 20.9 Å². The number of aromatic amines is 2. The van der Waals surface area contributed by atoms with Crippen LogP contribution in [0.3, 0.4) is 0 Å². The number of H-pyrrole nitrogens is 2. The fourth-order valence-electron chi connectivity index (χ4n) is 4.05. The summed E-state index contributed by atoms with van der Waals surface area (Å²) in [6.45, 7) is 4.89. The maximum Gasteiger partial charge on any atom is 0.325 e. The smallest absolute Gasteiger partial charge is 0.310 e. The third-order valence-corrected chi connectivity index (χ3v) is 7.15. The Morgan fingerprint density at radius 2 is 1.86 bits per heavy atom. The van der Waals surface area contributed by atoms with Crippen LogP contribution in [-0.4, -0.2) is 40.9 Å². The van der Waals surface area contributed by atoms with Gasteiger partial charge in [0.05, 0.1) is 5.52 Å². The normalized spacial score (nSPS) is 15.5. The summed E-state index contributed by atoms with van der Waals surface area (Å²) in [4.78, 5) is 30.1. The lowest BCUT2D eigenvalue weighted by atomic mass is 10.1. The summed E-state index contributed by atoms with van der Waals surface area (Å²) in [6, 6.07) is 5.64. The molecule has 0 saturated heterocycles. The third-order valence-electron chi connectivity index (χ3n) is 5.24. The Bertz CT molecular complexity index is 1310. The van der Waals surface area contributed by atoms with Gasteiger partial charge < -0.3 is 9.88 Å². The van der Waals surface area contributed by atoms with Crippen LogP contribution in [0.4, 0.5) is 0 Å². The topological polar surface area (TPSA) is 108 Å². The van der Waals surface area contributed by atoms with E-state index in [9.17, 15) is 18.0 Å². The van der Waals surface area contributed by atoms with Gasteiger partial charge in [-0.05, 0) is 58.0 Å². The van der Waals surface area contributed by atoms with Gasteiger partial charge in [-0.3, -0.25) is 9.78 Å². The molecule has 0 atom stereocenters. The Morgan fingerprint density at radius 1 is 1.11 bits per heavy atom. The quantitative estimate of drug-likeness (QED) is 0.671. The zero-order valence-corrected chi connectivity index (χ0v) is 16.8. The lowest BCUT2D eigenvalue weighted by Gasteiger charge is -2.13. The molecule has 8 nitrogen and oxygen atoms in total. The van der Waals surface area contributed by atoms with E-state index in [1.165, 1.54) is 10.9 Å². The zero-order valence-electron chi connectivity index (χ0n) is 16.0. The molecule has 9 heteroatoms. The molecule has 3 heterocycles. The minimum atomic E-state index is -4.20. The molecule has 0 spiro atoms. The van der Waals surface area contributed by atoms with E-state index >= 15 is 0 Å². The van der Waals surface area contributed by atoms with Crippen molar-refractivity contribution in [3.05, 3.63) is 61.6 Å². The molecule has 1 aliphatic rings. The molecule has 2 N–H and O–H groups in total. The van der Waals surface area contributed by atoms with E-state index in [4.69, 9.17) is 0 Å². The first-order chi connectivity index (χ1) is 13.2. The fourth-order valence-corrected chi connectivity index (χ4v) is 5.87. The second-order valence-electron chi connectivity index (χ2n) is 7.42. The summed E-state index contributed by atoms with van der Waals surface area (Å²) in [6.07, 6.45) is 1.40. The predicted octanol–water partition coefficient (Wildman–Crippen LogP) is 1.25. The molecule has 148 valence electrons. The van der Waals surface area contributed by atoms with Crippen LogP contribution in [-0.2, 0) is 23.0 Å². The van der Waals surface area contributed by atoms with E-state index in [1.54, 1.807) is 6.07 Å². The van der Waals surface area contributed by atoms with Gasteiger partial charge in [-0.15, -0.1) is 0 Å². The van der Waals surface area contributed by atoms with E-state index in [2.05, 4.69) is 9.88 Å². The van der Waals surface area contributed by atoms with E-state index in [0.717, 1.165) is 29.5 Å². The predicted molar refractivity (Wildman–Crippen MR) is 106 cm³/mol. The Morgan fingerprint density at radius 3 is 2.57 bits per heavy atom. The third kappa shape index (κ3) is 2.82. The first-order valence-corrected chi connectivity index (χ1v) is 10.5. The highest BCUT2D eigenvalue weighted by Crippen LogP contribution is 2.33. The van der Waals surface area contributed by atoms with Crippen LogP contribution in [0, 0.1) is 13.8 Å². The van der Waals surface area contributed by atoms with E-state index in [0.29, 0.717) is 24.2 Å². The average Bonchev–Trinajstić information content (AvgIpc) is 2.74. The molecule has 28 heavy (non-hydrogen) atoms. The van der Waals surface area contributed by atoms with Crippen LogP contribution in [0.25, 0.3) is 10.9 Å². The molecule has 3 aromatic rings. The van der Waals surface area contributed by atoms with Crippen molar-refractivity contribution in [2.24, 2.45) is 0 Å². The van der Waals surface area contributed by atoms with Gasteiger partial charge in [0.25, 0.3) is 15.6 Å².